The lowest BCUT2D eigenvalue weighted by molar-refractivity contribution is -0.128. The molecule has 0 spiro atoms. The largest absolute Gasteiger partial charge is 0.381 e. The molecular weight excluding hydrogens is 347 g/mol. The fourth-order valence-corrected chi connectivity index (χ4v) is 4.83. The Hall–Kier alpha value is -2.44. The molecule has 0 aliphatic heterocycles. The van der Waals surface area contributed by atoms with Gasteiger partial charge in [0, 0.05) is 24.2 Å². The van der Waals surface area contributed by atoms with Crippen molar-refractivity contribution in [2.45, 2.75) is 50.6 Å². The summed E-state index contributed by atoms with van der Waals surface area (Å²) >= 11 is 0. The predicted octanol–water partition coefficient (Wildman–Crippen LogP) is 2.33. The van der Waals surface area contributed by atoms with Gasteiger partial charge >= 0.3 is 5.69 Å². The molecule has 144 valence electrons. The van der Waals surface area contributed by atoms with E-state index in [1.54, 1.807) is 0 Å². The van der Waals surface area contributed by atoms with Gasteiger partial charge in [0.05, 0.1) is 0 Å². The monoisotopic (exact) mass is 372 g/mol. The highest BCUT2D eigenvalue weighted by molar-refractivity contribution is 5.79. The molecule has 0 saturated heterocycles. The van der Waals surface area contributed by atoms with Crippen molar-refractivity contribution in [1.82, 2.24) is 14.9 Å². The Bertz CT molecular complexity index is 847. The average molecular weight is 372 g/mol. The van der Waals surface area contributed by atoms with Crippen LogP contribution in [-0.2, 0) is 4.79 Å². The molecule has 1 amide bonds. The molecule has 3 N–H and O–H groups in total. The highest BCUT2D eigenvalue weighted by atomic mass is 19.1. The summed E-state index contributed by atoms with van der Waals surface area (Å²) in [5.41, 5.74) is 4.81. The molecular formula is C20H25FN4O2. The Labute approximate surface area is 157 Å². The standard InChI is InChI=1S/C20H25FN4O2/c21-17-11-25(20(27)24-18(17)22)14-9-8-13(10-14)23-19(26)16-7-3-5-12-4-1-2-6-15(12)16/h1-2,4,6,11-16H,3,5,7-10H2,(H,23,26)(H2,22,24,27)/t12?,13-,14-,15?,16?/m0/s1. The molecule has 1 heterocycles. The first-order chi connectivity index (χ1) is 13.0. The van der Waals surface area contributed by atoms with Crippen molar-refractivity contribution in [3.8, 4) is 0 Å². The Morgan fingerprint density at radius 2 is 2.04 bits per heavy atom. The van der Waals surface area contributed by atoms with Gasteiger partial charge in [0.2, 0.25) is 5.91 Å². The second-order valence-electron chi connectivity index (χ2n) is 7.88. The lowest BCUT2D eigenvalue weighted by atomic mass is 9.70. The average Bonchev–Trinajstić information content (AvgIpc) is 3.12. The molecule has 6 nitrogen and oxygen atoms in total. The molecule has 1 aromatic heterocycles. The van der Waals surface area contributed by atoms with Crippen LogP contribution in [-0.4, -0.2) is 21.5 Å². The van der Waals surface area contributed by atoms with Crippen LogP contribution in [0.2, 0.25) is 0 Å². The van der Waals surface area contributed by atoms with Crippen molar-refractivity contribution in [3.05, 3.63) is 46.8 Å². The SMILES string of the molecule is Nc1nc(=O)n([C@H]2CC[C@H](NC(=O)C3CCCC4C=CC=CC43)C2)cc1F. The van der Waals surface area contributed by atoms with E-state index in [-0.39, 0.29) is 35.6 Å². The number of nitrogens with two attached hydrogens (primary N) is 1. The number of nitrogen functional groups attached to an aromatic ring is 1. The van der Waals surface area contributed by atoms with Gasteiger partial charge in [-0.2, -0.15) is 4.98 Å². The van der Waals surface area contributed by atoms with Crippen LogP contribution < -0.4 is 16.7 Å². The summed E-state index contributed by atoms with van der Waals surface area (Å²) in [4.78, 5) is 28.4. The highest BCUT2D eigenvalue weighted by Gasteiger charge is 2.37. The van der Waals surface area contributed by atoms with E-state index in [1.165, 1.54) is 4.57 Å². The molecule has 27 heavy (non-hydrogen) atoms. The molecule has 4 rings (SSSR count). The van der Waals surface area contributed by atoms with Gasteiger partial charge in [-0.3, -0.25) is 9.36 Å². The maximum absolute atomic E-state index is 13.7. The van der Waals surface area contributed by atoms with E-state index in [9.17, 15) is 14.0 Å². The molecule has 1 aromatic rings. The molecule has 7 heteroatoms. The summed E-state index contributed by atoms with van der Waals surface area (Å²) in [6, 6.07) is -0.166. The predicted molar refractivity (Wildman–Crippen MR) is 100 cm³/mol. The fraction of sp³-hybridized carbons (Fsp3) is 0.550. The van der Waals surface area contributed by atoms with E-state index in [0.29, 0.717) is 18.8 Å². The van der Waals surface area contributed by atoms with Crippen molar-refractivity contribution in [1.29, 1.82) is 0 Å². The molecule has 3 unspecified atom stereocenters. The number of nitrogens with one attached hydrogen (secondary N) is 1. The summed E-state index contributed by atoms with van der Waals surface area (Å²) in [5.74, 6) is -0.225. The van der Waals surface area contributed by atoms with Crippen LogP contribution in [0.1, 0.15) is 44.6 Å². The summed E-state index contributed by atoms with van der Waals surface area (Å²) < 4.78 is 15.0. The van der Waals surface area contributed by atoms with Crippen molar-refractivity contribution in [2.75, 3.05) is 5.73 Å². The number of hydrogen-bond acceptors (Lipinski definition) is 4. The number of allylic oxidation sites excluding steroid dienone is 4. The third-order valence-corrected chi connectivity index (χ3v) is 6.23. The summed E-state index contributed by atoms with van der Waals surface area (Å²) in [7, 11) is 0. The maximum atomic E-state index is 13.7. The van der Waals surface area contributed by atoms with Gasteiger partial charge in [-0.15, -0.1) is 0 Å². The van der Waals surface area contributed by atoms with Crippen LogP contribution in [0.3, 0.4) is 0 Å². The van der Waals surface area contributed by atoms with Crippen LogP contribution in [0.5, 0.6) is 0 Å². The first-order valence-corrected chi connectivity index (χ1v) is 9.72. The Morgan fingerprint density at radius 3 is 2.89 bits per heavy atom. The third-order valence-electron chi connectivity index (χ3n) is 6.23. The van der Waals surface area contributed by atoms with Gasteiger partial charge in [-0.1, -0.05) is 30.7 Å². The minimum atomic E-state index is -0.688. The van der Waals surface area contributed by atoms with Crippen molar-refractivity contribution >= 4 is 11.7 Å². The van der Waals surface area contributed by atoms with E-state index in [4.69, 9.17) is 5.73 Å². The molecule has 2 saturated carbocycles. The van der Waals surface area contributed by atoms with Crippen LogP contribution >= 0.6 is 0 Å². The first-order valence-electron chi connectivity index (χ1n) is 9.72. The molecule has 3 aliphatic rings. The fourth-order valence-electron chi connectivity index (χ4n) is 4.83. The van der Waals surface area contributed by atoms with Gasteiger partial charge in [0.15, 0.2) is 11.6 Å². The number of nitrogens with zero attached hydrogens (tertiary/aromatic N) is 2. The molecule has 0 radical (unpaired) electrons. The first kappa shape index (κ1) is 17.9. The minimum absolute atomic E-state index is 0.00139. The van der Waals surface area contributed by atoms with Crippen molar-refractivity contribution in [2.24, 2.45) is 17.8 Å². The van der Waals surface area contributed by atoms with Gasteiger partial charge in [0.25, 0.3) is 0 Å². The zero-order valence-electron chi connectivity index (χ0n) is 15.2. The third kappa shape index (κ3) is 3.55. The summed E-state index contributed by atoms with van der Waals surface area (Å²) in [5, 5.41) is 3.18. The van der Waals surface area contributed by atoms with Crippen molar-refractivity contribution in [3.63, 3.8) is 0 Å². The van der Waals surface area contributed by atoms with Crippen LogP contribution in [0.4, 0.5) is 10.2 Å². The Morgan fingerprint density at radius 1 is 1.22 bits per heavy atom. The number of rotatable bonds is 3. The normalized spacial score (nSPS) is 32.3. The zero-order chi connectivity index (χ0) is 19.0. The van der Waals surface area contributed by atoms with Crippen molar-refractivity contribution < 1.29 is 9.18 Å². The second-order valence-corrected chi connectivity index (χ2v) is 7.88. The van der Waals surface area contributed by atoms with Crippen LogP contribution in [0.15, 0.2) is 35.3 Å². The van der Waals surface area contributed by atoms with E-state index in [1.807, 2.05) is 6.08 Å². The number of carbonyl (C=O) groups is 1. The van der Waals surface area contributed by atoms with Gasteiger partial charge in [0.1, 0.15) is 0 Å². The van der Waals surface area contributed by atoms with E-state index >= 15 is 0 Å². The van der Waals surface area contributed by atoms with Crippen LogP contribution in [0, 0.1) is 23.6 Å². The molecule has 2 fully saturated rings. The number of aromatic nitrogens is 2. The molecule has 0 bridgehead atoms. The van der Waals surface area contributed by atoms with E-state index < -0.39 is 11.5 Å². The number of halogens is 1. The quantitative estimate of drug-likeness (QED) is 0.852. The zero-order valence-corrected chi connectivity index (χ0v) is 15.2. The topological polar surface area (TPSA) is 90.0 Å². The van der Waals surface area contributed by atoms with E-state index in [0.717, 1.165) is 31.9 Å². The summed E-state index contributed by atoms with van der Waals surface area (Å²) in [6.45, 7) is 0. The molecule has 3 aliphatic carbocycles. The van der Waals surface area contributed by atoms with Gasteiger partial charge in [-0.25, -0.2) is 9.18 Å². The lowest BCUT2D eigenvalue weighted by Gasteiger charge is -2.36. The minimum Gasteiger partial charge on any atom is -0.381 e. The number of fused-ring (bicyclic) bond motifs is 1. The maximum Gasteiger partial charge on any atom is 0.349 e. The second kappa shape index (κ2) is 7.29. The molecule has 0 aromatic carbocycles. The Kier molecular flexibility index (Phi) is 4.85. The lowest BCUT2D eigenvalue weighted by Crippen LogP contribution is -2.43. The summed E-state index contributed by atoms with van der Waals surface area (Å²) in [6.07, 6.45) is 14.8. The number of carbonyl (C=O) groups excluding carboxylic acids is 1. The highest BCUT2D eigenvalue weighted by Crippen LogP contribution is 2.39. The molecule has 5 atom stereocenters. The number of amides is 1. The van der Waals surface area contributed by atoms with E-state index in [2.05, 4.69) is 28.5 Å². The smallest absolute Gasteiger partial charge is 0.349 e. The van der Waals surface area contributed by atoms with Gasteiger partial charge in [-0.05, 0) is 43.9 Å². The number of hydrogen-bond donors (Lipinski definition) is 2. The number of anilines is 1. The Balaban J connectivity index is 1.40. The van der Waals surface area contributed by atoms with Crippen LogP contribution in [0.25, 0.3) is 0 Å². The van der Waals surface area contributed by atoms with Gasteiger partial charge < -0.3 is 11.1 Å².